The van der Waals surface area contributed by atoms with Gasteiger partial charge in [0.2, 0.25) is 0 Å². The van der Waals surface area contributed by atoms with Crippen molar-refractivity contribution in [1.29, 1.82) is 0 Å². The van der Waals surface area contributed by atoms with Crippen molar-refractivity contribution in [2.45, 2.75) is 32.6 Å². The molecular formula is C8H16NO. The first-order valence-corrected chi connectivity index (χ1v) is 4.16. The zero-order valence-electron chi connectivity index (χ0n) is 6.65. The van der Waals surface area contributed by atoms with Gasteiger partial charge in [-0.3, -0.25) is 5.32 Å². The summed E-state index contributed by atoms with van der Waals surface area (Å²) in [5.41, 5.74) is 0. The lowest BCUT2D eigenvalue weighted by atomic mass is 10.2. The Kier molecular flexibility index (Phi) is 3.76. The summed E-state index contributed by atoms with van der Waals surface area (Å²) < 4.78 is 5.39. The summed E-state index contributed by atoms with van der Waals surface area (Å²) in [6.45, 7) is 4.12. The van der Waals surface area contributed by atoms with Crippen LogP contribution in [0.5, 0.6) is 0 Å². The highest BCUT2D eigenvalue weighted by Crippen LogP contribution is 2.15. The van der Waals surface area contributed by atoms with Crippen molar-refractivity contribution < 1.29 is 4.74 Å². The molecule has 1 aliphatic heterocycles. The third-order valence-electron chi connectivity index (χ3n) is 1.65. The van der Waals surface area contributed by atoms with Crippen LogP contribution in [-0.4, -0.2) is 13.2 Å². The lowest BCUT2D eigenvalue weighted by Crippen LogP contribution is -2.27. The standard InChI is InChI=1S/C8H16NO/c1-2-6-9-8-5-3-4-7-10-8/h9H,2-7H2,1H3. The number of hydrogen-bond donors (Lipinski definition) is 1. The lowest BCUT2D eigenvalue weighted by Gasteiger charge is -2.21. The van der Waals surface area contributed by atoms with Gasteiger partial charge in [0.1, 0.15) is 0 Å². The minimum Gasteiger partial charge on any atom is -0.356 e. The Bertz CT molecular complexity index is 79.3. The Labute approximate surface area is 63.0 Å². The Morgan fingerprint density at radius 1 is 1.50 bits per heavy atom. The normalized spacial score (nSPS) is 21.3. The Morgan fingerprint density at radius 2 is 2.40 bits per heavy atom. The van der Waals surface area contributed by atoms with Gasteiger partial charge in [-0.25, -0.2) is 0 Å². The highest BCUT2D eigenvalue weighted by molar-refractivity contribution is 4.77. The molecule has 0 spiro atoms. The first-order chi connectivity index (χ1) is 4.93. The second kappa shape index (κ2) is 4.69. The minimum atomic E-state index is 0.909. The molecule has 2 nitrogen and oxygen atoms in total. The summed E-state index contributed by atoms with van der Waals surface area (Å²) in [6, 6.07) is 0. The van der Waals surface area contributed by atoms with E-state index in [9.17, 15) is 0 Å². The molecule has 0 aromatic carbocycles. The van der Waals surface area contributed by atoms with Gasteiger partial charge in [0.05, 0.1) is 0 Å². The van der Waals surface area contributed by atoms with Crippen LogP contribution in [0.2, 0.25) is 0 Å². The molecule has 0 unspecified atom stereocenters. The van der Waals surface area contributed by atoms with Gasteiger partial charge in [-0.05, 0) is 32.2 Å². The smallest absolute Gasteiger partial charge is 0.161 e. The van der Waals surface area contributed by atoms with Gasteiger partial charge in [0, 0.05) is 6.61 Å². The molecule has 0 bridgehead atoms. The van der Waals surface area contributed by atoms with Gasteiger partial charge in [0.15, 0.2) is 6.23 Å². The van der Waals surface area contributed by atoms with Crippen molar-refractivity contribution >= 4 is 0 Å². The molecule has 0 aromatic heterocycles. The molecule has 1 N–H and O–H groups in total. The fourth-order valence-electron chi connectivity index (χ4n) is 1.06. The van der Waals surface area contributed by atoms with Crippen molar-refractivity contribution in [2.24, 2.45) is 0 Å². The van der Waals surface area contributed by atoms with E-state index >= 15 is 0 Å². The number of rotatable bonds is 3. The Balaban J connectivity index is 2.02. The monoisotopic (exact) mass is 142 g/mol. The molecule has 1 aliphatic rings. The molecule has 0 aromatic rings. The average molecular weight is 142 g/mol. The summed E-state index contributed by atoms with van der Waals surface area (Å²) >= 11 is 0. The van der Waals surface area contributed by atoms with Gasteiger partial charge in [-0.1, -0.05) is 6.92 Å². The van der Waals surface area contributed by atoms with Crippen molar-refractivity contribution in [1.82, 2.24) is 5.32 Å². The molecule has 0 amide bonds. The second-order valence-electron chi connectivity index (χ2n) is 2.66. The van der Waals surface area contributed by atoms with E-state index < -0.39 is 0 Å². The van der Waals surface area contributed by atoms with Crippen LogP contribution in [0, 0.1) is 6.23 Å². The van der Waals surface area contributed by atoms with E-state index in [1.54, 1.807) is 0 Å². The highest BCUT2D eigenvalue weighted by Gasteiger charge is 2.12. The zero-order chi connectivity index (χ0) is 7.23. The molecule has 1 saturated heterocycles. The third-order valence-corrected chi connectivity index (χ3v) is 1.65. The third kappa shape index (κ3) is 2.67. The number of nitrogens with one attached hydrogen (secondary N) is 1. The summed E-state index contributed by atoms with van der Waals surface area (Å²) in [6.07, 6.45) is 5.89. The molecule has 1 heterocycles. The molecule has 10 heavy (non-hydrogen) atoms. The van der Waals surface area contributed by atoms with Crippen LogP contribution in [0.1, 0.15) is 32.6 Å². The summed E-state index contributed by atoms with van der Waals surface area (Å²) in [5.74, 6) is 0. The fourth-order valence-corrected chi connectivity index (χ4v) is 1.06. The number of ether oxygens (including phenoxy) is 1. The van der Waals surface area contributed by atoms with Gasteiger partial charge in [-0.15, -0.1) is 0 Å². The van der Waals surface area contributed by atoms with Crippen LogP contribution < -0.4 is 5.32 Å². The van der Waals surface area contributed by atoms with Crippen LogP contribution in [0.25, 0.3) is 0 Å². The molecule has 0 saturated carbocycles. The maximum absolute atomic E-state index is 5.39. The van der Waals surface area contributed by atoms with E-state index in [0.29, 0.717) is 0 Å². The van der Waals surface area contributed by atoms with E-state index in [1.807, 2.05) is 0 Å². The fraction of sp³-hybridized carbons (Fsp3) is 0.875. The van der Waals surface area contributed by atoms with E-state index in [2.05, 4.69) is 12.2 Å². The maximum Gasteiger partial charge on any atom is 0.161 e. The molecule has 2 heteroatoms. The van der Waals surface area contributed by atoms with Crippen molar-refractivity contribution in [3.05, 3.63) is 6.23 Å². The van der Waals surface area contributed by atoms with E-state index in [0.717, 1.165) is 25.8 Å². The van der Waals surface area contributed by atoms with E-state index in [-0.39, 0.29) is 0 Å². The topological polar surface area (TPSA) is 21.3 Å². The van der Waals surface area contributed by atoms with Gasteiger partial charge in [-0.2, -0.15) is 0 Å². The van der Waals surface area contributed by atoms with Crippen LogP contribution in [-0.2, 0) is 4.74 Å². The second-order valence-corrected chi connectivity index (χ2v) is 2.66. The summed E-state index contributed by atoms with van der Waals surface area (Å²) in [7, 11) is 0. The summed E-state index contributed by atoms with van der Waals surface area (Å²) in [4.78, 5) is 0. The number of hydrogen-bond acceptors (Lipinski definition) is 2. The van der Waals surface area contributed by atoms with E-state index in [4.69, 9.17) is 4.74 Å². The largest absolute Gasteiger partial charge is 0.356 e. The van der Waals surface area contributed by atoms with Gasteiger partial charge < -0.3 is 4.74 Å². The minimum absolute atomic E-state index is 0.909. The first kappa shape index (κ1) is 8.02. The van der Waals surface area contributed by atoms with E-state index in [1.165, 1.54) is 19.3 Å². The molecule has 0 atom stereocenters. The van der Waals surface area contributed by atoms with Crippen LogP contribution >= 0.6 is 0 Å². The highest BCUT2D eigenvalue weighted by atomic mass is 16.5. The zero-order valence-corrected chi connectivity index (χ0v) is 6.65. The molecule has 1 rings (SSSR count). The molecule has 0 aliphatic carbocycles. The van der Waals surface area contributed by atoms with Crippen molar-refractivity contribution in [3.8, 4) is 0 Å². The lowest BCUT2D eigenvalue weighted by molar-refractivity contribution is 0.0794. The van der Waals surface area contributed by atoms with Crippen LogP contribution in [0.3, 0.4) is 0 Å². The van der Waals surface area contributed by atoms with Crippen molar-refractivity contribution in [3.63, 3.8) is 0 Å². The first-order valence-electron chi connectivity index (χ1n) is 4.16. The molecule has 1 radical (unpaired) electrons. The molecular weight excluding hydrogens is 126 g/mol. The SMILES string of the molecule is CCCN[C]1CCCCO1. The molecule has 59 valence electrons. The van der Waals surface area contributed by atoms with Crippen molar-refractivity contribution in [2.75, 3.05) is 13.2 Å². The predicted molar refractivity (Wildman–Crippen MR) is 41.3 cm³/mol. The maximum atomic E-state index is 5.39. The quantitative estimate of drug-likeness (QED) is 0.647. The Hall–Kier alpha value is -0.0800. The Morgan fingerprint density at radius 3 is 3.00 bits per heavy atom. The van der Waals surface area contributed by atoms with Crippen LogP contribution in [0.4, 0.5) is 0 Å². The van der Waals surface area contributed by atoms with Crippen LogP contribution in [0.15, 0.2) is 0 Å². The summed E-state index contributed by atoms with van der Waals surface area (Å²) in [5, 5.41) is 3.27. The average Bonchev–Trinajstić information content (AvgIpc) is 2.03. The van der Waals surface area contributed by atoms with Gasteiger partial charge >= 0.3 is 0 Å². The van der Waals surface area contributed by atoms with Gasteiger partial charge in [0.25, 0.3) is 0 Å². The predicted octanol–water partition coefficient (Wildman–Crippen LogP) is 1.68. The molecule has 1 fully saturated rings.